The molecular formula is C75H130O6. The van der Waals surface area contributed by atoms with Crippen LogP contribution in [0.1, 0.15) is 342 Å². The van der Waals surface area contributed by atoms with E-state index in [0.717, 1.165) is 122 Å². The summed E-state index contributed by atoms with van der Waals surface area (Å²) in [6.45, 7) is 6.58. The highest BCUT2D eigenvalue weighted by Gasteiger charge is 2.19. The van der Waals surface area contributed by atoms with Crippen molar-refractivity contribution in [3.05, 3.63) is 97.2 Å². The molecule has 0 aromatic rings. The van der Waals surface area contributed by atoms with Gasteiger partial charge >= 0.3 is 17.9 Å². The maximum Gasteiger partial charge on any atom is 0.306 e. The van der Waals surface area contributed by atoms with Crippen molar-refractivity contribution in [2.24, 2.45) is 0 Å². The van der Waals surface area contributed by atoms with Crippen molar-refractivity contribution in [1.29, 1.82) is 0 Å². The molecule has 0 aliphatic heterocycles. The van der Waals surface area contributed by atoms with E-state index in [4.69, 9.17) is 14.2 Å². The molecule has 1 unspecified atom stereocenters. The van der Waals surface area contributed by atoms with Crippen molar-refractivity contribution < 1.29 is 28.6 Å². The molecule has 0 amide bonds. The van der Waals surface area contributed by atoms with Gasteiger partial charge in [-0.2, -0.15) is 0 Å². The van der Waals surface area contributed by atoms with Gasteiger partial charge in [-0.05, 0) is 128 Å². The number of rotatable bonds is 63. The highest BCUT2D eigenvalue weighted by Crippen LogP contribution is 2.16. The van der Waals surface area contributed by atoms with Crippen molar-refractivity contribution in [3.8, 4) is 0 Å². The molecule has 0 aliphatic rings. The average Bonchev–Trinajstić information content (AvgIpc) is 3.47. The Morgan fingerprint density at radius 2 is 0.444 bits per heavy atom. The Bertz CT molecular complexity index is 1580. The van der Waals surface area contributed by atoms with Gasteiger partial charge < -0.3 is 14.2 Å². The predicted molar refractivity (Wildman–Crippen MR) is 353 cm³/mol. The van der Waals surface area contributed by atoms with Crippen LogP contribution in [0.4, 0.5) is 0 Å². The Morgan fingerprint density at radius 1 is 0.247 bits per heavy atom. The van der Waals surface area contributed by atoms with Gasteiger partial charge in [0.15, 0.2) is 6.10 Å². The highest BCUT2D eigenvalue weighted by atomic mass is 16.6. The van der Waals surface area contributed by atoms with Crippen molar-refractivity contribution >= 4 is 17.9 Å². The van der Waals surface area contributed by atoms with Crippen LogP contribution in [0.2, 0.25) is 0 Å². The molecule has 0 radical (unpaired) electrons. The van der Waals surface area contributed by atoms with Gasteiger partial charge in [0, 0.05) is 19.3 Å². The molecule has 0 bridgehead atoms. The van der Waals surface area contributed by atoms with Crippen LogP contribution in [0.3, 0.4) is 0 Å². The van der Waals surface area contributed by atoms with E-state index in [2.05, 4.69) is 118 Å². The van der Waals surface area contributed by atoms with Crippen LogP contribution in [0.15, 0.2) is 97.2 Å². The predicted octanol–water partition coefficient (Wildman–Crippen LogP) is 24.0. The standard InChI is InChI=1S/C75H130O6/c1-4-7-10-13-16-19-22-25-28-30-32-33-34-35-36-37-38-39-40-41-43-44-47-50-53-56-59-62-65-68-74(77)80-71-72(70-79-73(76)67-64-61-58-55-52-49-46-27-24-21-18-15-12-9-6-3)81-75(78)69-66-63-60-57-54-51-48-45-42-31-29-26-23-20-17-14-11-8-5-2/h17-18,20-22,25-27,29-30,32,34-35,42,45-46,72H,4-16,19,23-24,28,31,33,36-41,43-44,47-71H2,1-3H3/b20-17-,21-18-,25-22-,29-26-,32-30-,35-34-,45-42-,46-27-. The third-order valence-corrected chi connectivity index (χ3v) is 15.0. The van der Waals surface area contributed by atoms with Crippen molar-refractivity contribution in [1.82, 2.24) is 0 Å². The largest absolute Gasteiger partial charge is 0.462 e. The van der Waals surface area contributed by atoms with Crippen LogP contribution in [0.5, 0.6) is 0 Å². The second kappa shape index (κ2) is 68.8. The highest BCUT2D eigenvalue weighted by molar-refractivity contribution is 5.71. The molecule has 1 atom stereocenters. The lowest BCUT2D eigenvalue weighted by Crippen LogP contribution is -2.30. The number of unbranched alkanes of at least 4 members (excludes halogenated alkanes) is 36. The molecule has 0 saturated heterocycles. The van der Waals surface area contributed by atoms with Crippen LogP contribution in [-0.4, -0.2) is 37.2 Å². The summed E-state index contributed by atoms with van der Waals surface area (Å²) in [4.78, 5) is 38.4. The lowest BCUT2D eigenvalue weighted by Gasteiger charge is -2.18. The number of ether oxygens (including phenoxy) is 3. The minimum atomic E-state index is -0.793. The lowest BCUT2D eigenvalue weighted by molar-refractivity contribution is -0.167. The molecule has 0 fully saturated rings. The third-order valence-electron chi connectivity index (χ3n) is 15.0. The number of esters is 3. The van der Waals surface area contributed by atoms with Gasteiger partial charge in [-0.25, -0.2) is 0 Å². The summed E-state index contributed by atoms with van der Waals surface area (Å²) in [7, 11) is 0. The van der Waals surface area contributed by atoms with Crippen molar-refractivity contribution in [2.45, 2.75) is 348 Å². The second-order valence-electron chi connectivity index (χ2n) is 23.1. The molecule has 0 rings (SSSR count). The Labute approximate surface area is 502 Å². The quantitative estimate of drug-likeness (QED) is 0.0261. The van der Waals surface area contributed by atoms with Crippen LogP contribution in [0, 0.1) is 0 Å². The van der Waals surface area contributed by atoms with E-state index < -0.39 is 6.10 Å². The van der Waals surface area contributed by atoms with Gasteiger partial charge in [-0.1, -0.05) is 291 Å². The fraction of sp³-hybridized carbons (Fsp3) is 0.747. The van der Waals surface area contributed by atoms with E-state index in [1.165, 1.54) is 180 Å². The molecule has 6 nitrogen and oxygen atoms in total. The summed E-state index contributed by atoms with van der Waals surface area (Å²) in [5, 5.41) is 0. The molecule has 6 heteroatoms. The molecule has 0 N–H and O–H groups in total. The normalized spacial score (nSPS) is 12.7. The fourth-order valence-electron chi connectivity index (χ4n) is 9.78. The number of hydrogen-bond acceptors (Lipinski definition) is 6. The SMILES string of the molecule is CCCCC/C=C\C/C=C\C/C=C\CCCCCCCCC(=O)OC(COC(=O)CCCCCCC/C=C\C/C=C\CCCCC)COC(=O)CCCCCCCCCCCCCCCC/C=C\C/C=C\C/C=C\CCCCCCC. The third kappa shape index (κ3) is 67.0. The van der Waals surface area contributed by atoms with Gasteiger partial charge in [0.25, 0.3) is 0 Å². The van der Waals surface area contributed by atoms with Gasteiger partial charge in [0.05, 0.1) is 0 Å². The maximum absolute atomic E-state index is 12.9. The summed E-state index contributed by atoms with van der Waals surface area (Å²) >= 11 is 0. The summed E-state index contributed by atoms with van der Waals surface area (Å²) in [5.74, 6) is -0.901. The Balaban J connectivity index is 4.31. The van der Waals surface area contributed by atoms with Gasteiger partial charge in [-0.3, -0.25) is 14.4 Å². The van der Waals surface area contributed by atoms with Gasteiger partial charge in [0.2, 0.25) is 0 Å². The van der Waals surface area contributed by atoms with Crippen LogP contribution >= 0.6 is 0 Å². The first-order valence-corrected chi connectivity index (χ1v) is 34.7. The molecule has 81 heavy (non-hydrogen) atoms. The summed E-state index contributed by atoms with van der Waals surface area (Å²) < 4.78 is 17.0. The molecule has 0 heterocycles. The summed E-state index contributed by atoms with van der Waals surface area (Å²) in [6.07, 6.45) is 92.8. The van der Waals surface area contributed by atoms with Crippen molar-refractivity contribution in [2.75, 3.05) is 13.2 Å². The van der Waals surface area contributed by atoms with Crippen LogP contribution < -0.4 is 0 Å². The summed E-state index contributed by atoms with van der Waals surface area (Å²) in [6, 6.07) is 0. The average molecular weight is 1130 g/mol. The zero-order valence-electron chi connectivity index (χ0n) is 53.5. The van der Waals surface area contributed by atoms with E-state index >= 15 is 0 Å². The minimum absolute atomic E-state index is 0.0866. The van der Waals surface area contributed by atoms with Crippen LogP contribution in [-0.2, 0) is 28.6 Å². The maximum atomic E-state index is 12.9. The van der Waals surface area contributed by atoms with E-state index in [-0.39, 0.29) is 31.1 Å². The molecule has 0 aromatic carbocycles. The number of allylic oxidation sites excluding steroid dienone is 16. The first-order chi connectivity index (χ1) is 40.0. The molecular weight excluding hydrogens is 997 g/mol. The molecule has 466 valence electrons. The zero-order chi connectivity index (χ0) is 58.5. The van der Waals surface area contributed by atoms with Crippen molar-refractivity contribution in [3.63, 3.8) is 0 Å². The Morgan fingerprint density at radius 3 is 0.716 bits per heavy atom. The lowest BCUT2D eigenvalue weighted by atomic mass is 10.0. The minimum Gasteiger partial charge on any atom is -0.462 e. The van der Waals surface area contributed by atoms with E-state index in [1.54, 1.807) is 0 Å². The zero-order valence-corrected chi connectivity index (χ0v) is 53.5. The van der Waals surface area contributed by atoms with E-state index in [1.807, 2.05) is 0 Å². The number of carbonyl (C=O) groups is 3. The van der Waals surface area contributed by atoms with Gasteiger partial charge in [0.1, 0.15) is 13.2 Å². The molecule has 0 spiro atoms. The van der Waals surface area contributed by atoms with Crippen LogP contribution in [0.25, 0.3) is 0 Å². The molecule has 0 saturated carbocycles. The molecule has 0 aliphatic carbocycles. The van der Waals surface area contributed by atoms with E-state index in [9.17, 15) is 14.4 Å². The number of carbonyl (C=O) groups excluding carboxylic acids is 3. The summed E-state index contributed by atoms with van der Waals surface area (Å²) in [5.41, 5.74) is 0. The monoisotopic (exact) mass is 1130 g/mol. The molecule has 0 aromatic heterocycles. The topological polar surface area (TPSA) is 78.9 Å². The first kappa shape index (κ1) is 77.3. The Kier molecular flexibility index (Phi) is 65.7. The number of hydrogen-bond donors (Lipinski definition) is 0. The second-order valence-corrected chi connectivity index (χ2v) is 23.1. The fourth-order valence-corrected chi connectivity index (χ4v) is 9.78. The Hall–Kier alpha value is -3.67. The van der Waals surface area contributed by atoms with E-state index in [0.29, 0.717) is 19.3 Å². The first-order valence-electron chi connectivity index (χ1n) is 34.7. The smallest absolute Gasteiger partial charge is 0.306 e. The van der Waals surface area contributed by atoms with Gasteiger partial charge in [-0.15, -0.1) is 0 Å².